The van der Waals surface area contributed by atoms with E-state index in [9.17, 15) is 14.4 Å². The number of halogens is 1. The molecule has 4 amide bonds. The van der Waals surface area contributed by atoms with Gasteiger partial charge < -0.3 is 25.0 Å². The summed E-state index contributed by atoms with van der Waals surface area (Å²) >= 11 is 5.84. The summed E-state index contributed by atoms with van der Waals surface area (Å²) in [5.41, 5.74) is 2.03. The number of hydrogen-bond acceptors (Lipinski definition) is 6. The van der Waals surface area contributed by atoms with Crippen LogP contribution in [0.15, 0.2) is 42.1 Å². The fourth-order valence-corrected chi connectivity index (χ4v) is 4.10. The van der Waals surface area contributed by atoms with Gasteiger partial charge in [0, 0.05) is 35.4 Å². The van der Waals surface area contributed by atoms with Gasteiger partial charge in [-0.15, -0.1) is 0 Å². The van der Waals surface area contributed by atoms with E-state index in [1.807, 2.05) is 6.07 Å². The molecular weight excluding hydrogens is 460 g/mol. The highest BCUT2D eigenvalue weighted by Gasteiger charge is 2.35. The van der Waals surface area contributed by atoms with E-state index in [1.54, 1.807) is 44.6 Å². The number of urea groups is 1. The number of amides is 4. The van der Waals surface area contributed by atoms with E-state index in [0.717, 1.165) is 36.5 Å². The molecule has 10 heteroatoms. The maximum atomic E-state index is 12.9. The van der Waals surface area contributed by atoms with E-state index < -0.39 is 24.4 Å². The number of nitrogens with one attached hydrogen (secondary N) is 2. The summed E-state index contributed by atoms with van der Waals surface area (Å²) in [6.45, 7) is 1.43. The van der Waals surface area contributed by atoms with Gasteiger partial charge in [-0.25, -0.2) is 9.69 Å². The molecule has 2 fully saturated rings. The number of anilines is 2. The maximum absolute atomic E-state index is 12.9. The Morgan fingerprint density at radius 2 is 1.76 bits per heavy atom. The van der Waals surface area contributed by atoms with Gasteiger partial charge in [0.1, 0.15) is 23.7 Å². The minimum absolute atomic E-state index is 0.0403. The SMILES string of the molecule is COc1cc(N2CCCC2)c(OC)cc1/C=C1\NC(=O)N(CC(=O)Nc2ccc(Cl)cc2)C1=O. The van der Waals surface area contributed by atoms with Gasteiger partial charge in [-0.1, -0.05) is 11.6 Å². The Hall–Kier alpha value is -3.72. The van der Waals surface area contributed by atoms with Crippen LogP contribution in [-0.2, 0) is 9.59 Å². The highest BCUT2D eigenvalue weighted by atomic mass is 35.5. The molecule has 2 aliphatic heterocycles. The first-order chi connectivity index (χ1) is 16.4. The van der Waals surface area contributed by atoms with Crippen LogP contribution in [0.5, 0.6) is 11.5 Å². The van der Waals surface area contributed by atoms with Crippen molar-refractivity contribution in [3.8, 4) is 11.5 Å². The van der Waals surface area contributed by atoms with Crippen LogP contribution in [0.4, 0.5) is 16.2 Å². The van der Waals surface area contributed by atoms with Crippen LogP contribution in [-0.4, -0.2) is 56.6 Å². The molecule has 4 rings (SSSR count). The quantitative estimate of drug-likeness (QED) is 0.461. The molecule has 2 N–H and O–H groups in total. The van der Waals surface area contributed by atoms with Crippen LogP contribution in [0.25, 0.3) is 6.08 Å². The second-order valence-corrected chi connectivity index (χ2v) is 8.33. The van der Waals surface area contributed by atoms with Crippen LogP contribution in [0, 0.1) is 0 Å². The van der Waals surface area contributed by atoms with E-state index in [2.05, 4.69) is 15.5 Å². The Morgan fingerprint density at radius 1 is 1.09 bits per heavy atom. The third kappa shape index (κ3) is 4.94. The number of nitrogens with zero attached hydrogens (tertiary/aromatic N) is 2. The van der Waals surface area contributed by atoms with E-state index in [4.69, 9.17) is 21.1 Å². The fourth-order valence-electron chi connectivity index (χ4n) is 3.97. The molecular formula is C24H25ClN4O5. The number of hydrogen-bond donors (Lipinski definition) is 2. The predicted octanol–water partition coefficient (Wildman–Crippen LogP) is 3.49. The van der Waals surface area contributed by atoms with E-state index >= 15 is 0 Å². The number of ether oxygens (including phenoxy) is 2. The molecule has 2 heterocycles. The summed E-state index contributed by atoms with van der Waals surface area (Å²) < 4.78 is 11.1. The van der Waals surface area contributed by atoms with Gasteiger partial charge in [-0.2, -0.15) is 0 Å². The number of benzene rings is 2. The molecule has 0 aliphatic carbocycles. The number of imide groups is 1. The fraction of sp³-hybridized carbons (Fsp3) is 0.292. The van der Waals surface area contributed by atoms with Crippen molar-refractivity contribution < 1.29 is 23.9 Å². The van der Waals surface area contributed by atoms with E-state index in [1.165, 1.54) is 6.08 Å². The first-order valence-electron chi connectivity index (χ1n) is 10.8. The molecule has 2 aromatic rings. The number of rotatable bonds is 7. The number of carbonyl (C=O) groups is 3. The van der Waals surface area contributed by atoms with Crippen molar-refractivity contribution in [2.45, 2.75) is 12.8 Å². The van der Waals surface area contributed by atoms with Crippen molar-refractivity contribution in [1.29, 1.82) is 0 Å². The third-order valence-electron chi connectivity index (χ3n) is 5.67. The van der Waals surface area contributed by atoms with Crippen LogP contribution in [0.1, 0.15) is 18.4 Å². The first kappa shape index (κ1) is 23.4. The molecule has 2 aromatic carbocycles. The van der Waals surface area contributed by atoms with E-state index in [-0.39, 0.29) is 5.70 Å². The monoisotopic (exact) mass is 484 g/mol. The molecule has 0 radical (unpaired) electrons. The van der Waals surface area contributed by atoms with Gasteiger partial charge in [0.25, 0.3) is 5.91 Å². The van der Waals surface area contributed by atoms with Crippen molar-refractivity contribution in [3.63, 3.8) is 0 Å². The second kappa shape index (κ2) is 10.0. The minimum atomic E-state index is -0.679. The zero-order valence-corrected chi connectivity index (χ0v) is 19.6. The van der Waals surface area contributed by atoms with Crippen molar-refractivity contribution in [2.75, 3.05) is 44.1 Å². The summed E-state index contributed by atoms with van der Waals surface area (Å²) in [4.78, 5) is 40.7. The van der Waals surface area contributed by atoms with Gasteiger partial charge in [0.15, 0.2) is 0 Å². The van der Waals surface area contributed by atoms with Gasteiger partial charge in [0.2, 0.25) is 5.91 Å². The number of carbonyl (C=O) groups excluding carboxylic acids is 3. The van der Waals surface area contributed by atoms with Gasteiger partial charge >= 0.3 is 6.03 Å². The van der Waals surface area contributed by atoms with Crippen molar-refractivity contribution in [2.24, 2.45) is 0 Å². The van der Waals surface area contributed by atoms with Crippen molar-refractivity contribution in [1.82, 2.24) is 10.2 Å². The molecule has 178 valence electrons. The van der Waals surface area contributed by atoms with Crippen LogP contribution in [0.3, 0.4) is 0 Å². The maximum Gasteiger partial charge on any atom is 0.329 e. The second-order valence-electron chi connectivity index (χ2n) is 7.89. The molecule has 34 heavy (non-hydrogen) atoms. The Bertz CT molecular complexity index is 1140. The zero-order chi connectivity index (χ0) is 24.2. The average Bonchev–Trinajstić information content (AvgIpc) is 3.45. The summed E-state index contributed by atoms with van der Waals surface area (Å²) in [6, 6.07) is 9.47. The molecule has 0 aromatic heterocycles. The van der Waals surface area contributed by atoms with Gasteiger partial charge in [-0.3, -0.25) is 9.59 Å². The smallest absolute Gasteiger partial charge is 0.329 e. The lowest BCUT2D eigenvalue weighted by atomic mass is 10.1. The summed E-state index contributed by atoms with van der Waals surface area (Å²) in [5.74, 6) is 0.0592. The molecule has 0 atom stereocenters. The summed E-state index contributed by atoms with van der Waals surface area (Å²) in [7, 11) is 3.13. The molecule has 0 unspecified atom stereocenters. The topological polar surface area (TPSA) is 100 Å². The third-order valence-corrected chi connectivity index (χ3v) is 5.92. The largest absolute Gasteiger partial charge is 0.496 e. The lowest BCUT2D eigenvalue weighted by molar-refractivity contribution is -0.127. The molecule has 0 saturated carbocycles. The lowest BCUT2D eigenvalue weighted by Gasteiger charge is -2.22. The molecule has 2 saturated heterocycles. The molecule has 0 spiro atoms. The summed E-state index contributed by atoms with van der Waals surface area (Å²) in [5, 5.41) is 5.70. The van der Waals surface area contributed by atoms with Crippen molar-refractivity contribution in [3.05, 3.63) is 52.7 Å². The summed E-state index contributed by atoms with van der Waals surface area (Å²) in [6.07, 6.45) is 3.74. The van der Waals surface area contributed by atoms with Crippen LogP contribution in [0.2, 0.25) is 5.02 Å². The average molecular weight is 485 g/mol. The standard InChI is InChI=1S/C24H25ClN4O5/c1-33-20-13-19(28-9-3-4-10-28)21(34-2)12-15(20)11-18-23(31)29(24(32)27-18)14-22(30)26-17-7-5-16(25)6-8-17/h5-8,11-13H,3-4,9-10,14H2,1-2H3,(H,26,30)(H,27,32)/b18-11-. The van der Waals surface area contributed by atoms with Gasteiger partial charge in [-0.05, 0) is 49.2 Å². The zero-order valence-electron chi connectivity index (χ0n) is 18.9. The lowest BCUT2D eigenvalue weighted by Crippen LogP contribution is -2.38. The first-order valence-corrected chi connectivity index (χ1v) is 11.2. The Balaban J connectivity index is 1.53. The Morgan fingerprint density at radius 3 is 2.41 bits per heavy atom. The van der Waals surface area contributed by atoms with Crippen molar-refractivity contribution >= 4 is 46.9 Å². The Labute approximate surface area is 202 Å². The highest BCUT2D eigenvalue weighted by Crippen LogP contribution is 2.38. The molecule has 9 nitrogen and oxygen atoms in total. The van der Waals surface area contributed by atoms with Crippen LogP contribution < -0.4 is 25.0 Å². The molecule has 2 aliphatic rings. The molecule has 0 bridgehead atoms. The van der Waals surface area contributed by atoms with E-state index in [0.29, 0.717) is 27.8 Å². The highest BCUT2D eigenvalue weighted by molar-refractivity contribution is 6.30. The number of methoxy groups -OCH3 is 2. The Kier molecular flexibility index (Phi) is 6.93. The van der Waals surface area contributed by atoms with Gasteiger partial charge in [0.05, 0.1) is 19.9 Å². The normalized spacial score (nSPS) is 16.7. The predicted molar refractivity (Wildman–Crippen MR) is 129 cm³/mol. The minimum Gasteiger partial charge on any atom is -0.496 e. The van der Waals surface area contributed by atoms with Crippen LogP contribution >= 0.6 is 11.6 Å².